The van der Waals surface area contributed by atoms with Gasteiger partial charge in [-0.15, -0.1) is 0 Å². The molecule has 1 unspecified atom stereocenters. The third-order valence-electron chi connectivity index (χ3n) is 1.87. The molecule has 0 bridgehead atoms. The number of nitrogens with one attached hydrogen (secondary N) is 2. The van der Waals surface area contributed by atoms with E-state index in [1.165, 1.54) is 0 Å². The second-order valence-corrected chi connectivity index (χ2v) is 3.21. The van der Waals surface area contributed by atoms with Gasteiger partial charge < -0.3 is 10.6 Å². The van der Waals surface area contributed by atoms with Crippen molar-refractivity contribution >= 4 is 12.2 Å². The van der Waals surface area contributed by atoms with Gasteiger partial charge in [0, 0.05) is 24.5 Å². The highest BCUT2D eigenvalue weighted by Crippen LogP contribution is 2.00. The smallest absolute Gasteiger partial charge is 0.319 e. The Morgan fingerprint density at radius 3 is 3.06 bits per heavy atom. The third-order valence-corrected chi connectivity index (χ3v) is 1.87. The van der Waals surface area contributed by atoms with E-state index in [2.05, 4.69) is 34.0 Å². The molecule has 0 aliphatic carbocycles. The van der Waals surface area contributed by atoms with Crippen molar-refractivity contribution in [3.8, 4) is 11.8 Å². The SMILES string of the molecule is C=C1NC(=O)NC1C#CCC=N/C=C\CC. The van der Waals surface area contributed by atoms with E-state index in [0.717, 1.165) is 6.42 Å². The van der Waals surface area contributed by atoms with Crippen LogP contribution >= 0.6 is 0 Å². The average molecular weight is 217 g/mol. The maximum Gasteiger partial charge on any atom is 0.320 e. The molecule has 1 saturated heterocycles. The van der Waals surface area contributed by atoms with Gasteiger partial charge in [0.1, 0.15) is 6.04 Å². The van der Waals surface area contributed by atoms with Gasteiger partial charge in [-0.1, -0.05) is 31.4 Å². The Kier molecular flexibility index (Phi) is 4.87. The summed E-state index contributed by atoms with van der Waals surface area (Å²) in [5.41, 5.74) is 0.598. The van der Waals surface area contributed by atoms with E-state index < -0.39 is 0 Å². The largest absolute Gasteiger partial charge is 0.320 e. The minimum atomic E-state index is -0.285. The average Bonchev–Trinajstić information content (AvgIpc) is 2.56. The Balaban J connectivity index is 2.33. The number of hydrogen-bond donors (Lipinski definition) is 2. The molecule has 4 heteroatoms. The van der Waals surface area contributed by atoms with Crippen molar-refractivity contribution in [2.75, 3.05) is 0 Å². The molecule has 1 atom stereocenters. The molecule has 84 valence electrons. The van der Waals surface area contributed by atoms with Crippen molar-refractivity contribution in [3.05, 3.63) is 24.6 Å². The van der Waals surface area contributed by atoms with Crippen LogP contribution in [0.3, 0.4) is 0 Å². The van der Waals surface area contributed by atoms with Gasteiger partial charge >= 0.3 is 6.03 Å². The number of nitrogens with zero attached hydrogens (tertiary/aromatic N) is 1. The molecular formula is C12H15N3O. The zero-order valence-electron chi connectivity index (χ0n) is 9.29. The minimum absolute atomic E-state index is 0.246. The summed E-state index contributed by atoms with van der Waals surface area (Å²) < 4.78 is 0. The summed E-state index contributed by atoms with van der Waals surface area (Å²) in [6.07, 6.45) is 6.98. The monoisotopic (exact) mass is 217 g/mol. The Hall–Kier alpha value is -2.02. The second kappa shape index (κ2) is 6.46. The van der Waals surface area contributed by atoms with E-state index in [0.29, 0.717) is 12.1 Å². The third kappa shape index (κ3) is 4.01. The Bertz CT molecular complexity index is 385. The molecule has 2 N–H and O–H groups in total. The molecule has 0 aromatic carbocycles. The van der Waals surface area contributed by atoms with E-state index in [-0.39, 0.29) is 12.1 Å². The summed E-state index contributed by atoms with van der Waals surface area (Å²) in [6, 6.07) is -0.532. The standard InChI is InChI=1S/C12H15N3O/c1-3-4-8-13-9-6-5-7-11-10(2)14-12(16)15-11/h4,8-9,11H,2-3,6H2,1H3,(H2,14,15,16)/b8-4-,13-9?. The molecular weight excluding hydrogens is 202 g/mol. The van der Waals surface area contributed by atoms with E-state index in [9.17, 15) is 4.79 Å². The van der Waals surface area contributed by atoms with Crippen LogP contribution in [-0.4, -0.2) is 18.3 Å². The van der Waals surface area contributed by atoms with Crippen molar-refractivity contribution < 1.29 is 4.79 Å². The minimum Gasteiger partial charge on any atom is -0.319 e. The lowest BCUT2D eigenvalue weighted by atomic mass is 10.2. The van der Waals surface area contributed by atoms with Crippen LogP contribution in [0, 0.1) is 11.8 Å². The molecule has 1 rings (SSSR count). The van der Waals surface area contributed by atoms with Crippen LogP contribution in [0.2, 0.25) is 0 Å². The molecule has 1 fully saturated rings. The van der Waals surface area contributed by atoms with Crippen LogP contribution in [0.1, 0.15) is 19.8 Å². The van der Waals surface area contributed by atoms with Gasteiger partial charge in [-0.25, -0.2) is 4.79 Å². The first-order valence-corrected chi connectivity index (χ1v) is 5.15. The fraction of sp³-hybridized carbons (Fsp3) is 0.333. The van der Waals surface area contributed by atoms with Crippen molar-refractivity contribution in [2.24, 2.45) is 4.99 Å². The van der Waals surface area contributed by atoms with Gasteiger partial charge in [-0.3, -0.25) is 4.99 Å². The summed E-state index contributed by atoms with van der Waals surface area (Å²) in [5.74, 6) is 5.80. The molecule has 4 nitrogen and oxygen atoms in total. The number of carbonyl (C=O) groups excluding carboxylic acids is 1. The van der Waals surface area contributed by atoms with Crippen LogP contribution in [-0.2, 0) is 0 Å². The lowest BCUT2D eigenvalue weighted by Gasteiger charge is -1.97. The van der Waals surface area contributed by atoms with E-state index >= 15 is 0 Å². The topological polar surface area (TPSA) is 53.5 Å². The fourth-order valence-electron chi connectivity index (χ4n) is 1.08. The molecule has 16 heavy (non-hydrogen) atoms. The summed E-state index contributed by atoms with van der Waals surface area (Å²) >= 11 is 0. The van der Waals surface area contributed by atoms with E-state index in [4.69, 9.17) is 0 Å². The Morgan fingerprint density at radius 2 is 2.44 bits per heavy atom. The lowest BCUT2D eigenvalue weighted by molar-refractivity contribution is 0.248. The molecule has 1 aliphatic rings. The van der Waals surface area contributed by atoms with Crippen molar-refractivity contribution in [3.63, 3.8) is 0 Å². The summed E-state index contributed by atoms with van der Waals surface area (Å²) in [7, 11) is 0. The maximum atomic E-state index is 10.9. The summed E-state index contributed by atoms with van der Waals surface area (Å²) in [6.45, 7) is 5.73. The van der Waals surface area contributed by atoms with Gasteiger partial charge in [0.15, 0.2) is 0 Å². The van der Waals surface area contributed by atoms with Gasteiger partial charge in [0.25, 0.3) is 0 Å². The quantitative estimate of drug-likeness (QED) is 0.547. The summed E-state index contributed by atoms with van der Waals surface area (Å²) in [4.78, 5) is 14.9. The van der Waals surface area contributed by atoms with E-state index in [1.54, 1.807) is 12.4 Å². The Morgan fingerprint density at radius 1 is 1.62 bits per heavy atom. The number of carbonyl (C=O) groups is 1. The molecule has 0 spiro atoms. The van der Waals surface area contributed by atoms with Gasteiger partial charge in [0.2, 0.25) is 0 Å². The summed E-state index contributed by atoms with van der Waals surface area (Å²) in [5, 5.41) is 5.18. The molecule has 0 radical (unpaired) electrons. The predicted molar refractivity (Wildman–Crippen MR) is 64.9 cm³/mol. The zero-order valence-corrected chi connectivity index (χ0v) is 9.29. The van der Waals surface area contributed by atoms with Crippen LogP contribution in [0.25, 0.3) is 0 Å². The number of aliphatic imine (C=N–C) groups is 1. The van der Waals surface area contributed by atoms with Crippen LogP contribution < -0.4 is 10.6 Å². The van der Waals surface area contributed by atoms with Crippen molar-refractivity contribution in [1.29, 1.82) is 0 Å². The highest BCUT2D eigenvalue weighted by atomic mass is 16.2. The van der Waals surface area contributed by atoms with Crippen LogP contribution in [0.5, 0.6) is 0 Å². The van der Waals surface area contributed by atoms with Crippen LogP contribution in [0.15, 0.2) is 29.5 Å². The second-order valence-electron chi connectivity index (χ2n) is 3.21. The van der Waals surface area contributed by atoms with Crippen molar-refractivity contribution in [2.45, 2.75) is 25.8 Å². The van der Waals surface area contributed by atoms with Crippen LogP contribution in [0.4, 0.5) is 4.79 Å². The first-order valence-electron chi connectivity index (χ1n) is 5.15. The highest BCUT2D eigenvalue weighted by molar-refractivity contribution is 5.81. The lowest BCUT2D eigenvalue weighted by Crippen LogP contribution is -2.24. The number of urea groups is 1. The van der Waals surface area contributed by atoms with Gasteiger partial charge in [0.05, 0.1) is 0 Å². The molecule has 1 aliphatic heterocycles. The highest BCUT2D eigenvalue weighted by Gasteiger charge is 2.21. The number of amides is 2. The first kappa shape index (κ1) is 12.1. The van der Waals surface area contributed by atoms with E-state index in [1.807, 2.05) is 13.0 Å². The Labute approximate surface area is 95.5 Å². The first-order chi connectivity index (χ1) is 7.74. The zero-order chi connectivity index (χ0) is 11.8. The molecule has 0 saturated carbocycles. The van der Waals surface area contributed by atoms with Gasteiger partial charge in [-0.05, 0) is 6.42 Å². The molecule has 0 aromatic rings. The predicted octanol–water partition coefficient (Wildman–Crippen LogP) is 1.57. The number of allylic oxidation sites excluding steroid dienone is 1. The molecule has 0 aromatic heterocycles. The maximum absolute atomic E-state index is 10.9. The van der Waals surface area contributed by atoms with Gasteiger partial charge in [-0.2, -0.15) is 0 Å². The molecule has 2 amide bonds. The fourth-order valence-corrected chi connectivity index (χ4v) is 1.08. The normalized spacial score (nSPS) is 19.7. The van der Waals surface area contributed by atoms with Crippen molar-refractivity contribution in [1.82, 2.24) is 10.6 Å². The molecule has 1 heterocycles. The number of hydrogen-bond acceptors (Lipinski definition) is 2. The number of rotatable bonds is 3.